The van der Waals surface area contributed by atoms with Gasteiger partial charge in [-0.2, -0.15) is 0 Å². The number of hydrogen-bond donors (Lipinski definition) is 2. The average molecular weight is 429 g/mol. The molecule has 0 saturated carbocycles. The lowest BCUT2D eigenvalue weighted by molar-refractivity contribution is -0.131. The molecule has 0 spiro atoms. The van der Waals surface area contributed by atoms with Crippen LogP contribution in [0.25, 0.3) is 33.4 Å². The van der Waals surface area contributed by atoms with Crippen molar-refractivity contribution in [2.75, 3.05) is 0 Å². The maximum atomic E-state index is 11.5. The molecule has 0 atom stereocenters. The van der Waals surface area contributed by atoms with E-state index in [4.69, 9.17) is 0 Å². The summed E-state index contributed by atoms with van der Waals surface area (Å²) < 4.78 is 0. The highest BCUT2D eigenvalue weighted by Gasteiger charge is 2.33. The summed E-state index contributed by atoms with van der Waals surface area (Å²) in [5, 5.41) is 23.0. The van der Waals surface area contributed by atoms with E-state index in [1.807, 2.05) is 97.1 Å². The number of hydrogen-bond acceptors (Lipinski definition) is 2. The number of benzene rings is 5. The van der Waals surface area contributed by atoms with Gasteiger partial charge in [0.2, 0.25) is 5.79 Å². The van der Waals surface area contributed by atoms with Gasteiger partial charge in [-0.1, -0.05) is 133 Å². The molecule has 5 aromatic carbocycles. The molecular formula is C31H24O2. The maximum absolute atomic E-state index is 11.5. The molecule has 2 N–H and O–H groups in total. The zero-order valence-corrected chi connectivity index (χ0v) is 18.1. The first-order valence-electron chi connectivity index (χ1n) is 11.0. The molecule has 0 radical (unpaired) electrons. The van der Waals surface area contributed by atoms with Gasteiger partial charge in [0.15, 0.2) is 0 Å². The Morgan fingerprint density at radius 3 is 1.33 bits per heavy atom. The van der Waals surface area contributed by atoms with Gasteiger partial charge in [0, 0.05) is 11.1 Å². The smallest absolute Gasteiger partial charge is 0.217 e. The Hall–Kier alpha value is -3.98. The summed E-state index contributed by atoms with van der Waals surface area (Å²) >= 11 is 0. The Morgan fingerprint density at radius 2 is 0.818 bits per heavy atom. The molecule has 0 bridgehead atoms. The Morgan fingerprint density at radius 1 is 0.394 bits per heavy atom. The fourth-order valence-electron chi connectivity index (χ4n) is 4.39. The maximum Gasteiger partial charge on any atom is 0.217 e. The second-order valence-corrected chi connectivity index (χ2v) is 8.05. The number of rotatable bonds is 5. The van der Waals surface area contributed by atoms with Crippen molar-refractivity contribution in [2.24, 2.45) is 0 Å². The fraction of sp³-hybridized carbons (Fsp3) is 0.0323. The molecule has 0 aromatic heterocycles. The molecule has 0 aliphatic rings. The lowest BCUT2D eigenvalue weighted by Gasteiger charge is -2.28. The molecule has 0 saturated heterocycles. The van der Waals surface area contributed by atoms with E-state index in [0.29, 0.717) is 11.1 Å². The summed E-state index contributed by atoms with van der Waals surface area (Å²) in [6, 6.07) is 43.1. The van der Waals surface area contributed by atoms with Crippen LogP contribution in [0.3, 0.4) is 0 Å². The SMILES string of the molecule is OC(O)(c1ccccc1)c1ccc(-c2ccccc2)c(-c2ccccc2)c1-c1ccccc1. The lowest BCUT2D eigenvalue weighted by Crippen LogP contribution is -2.27. The first-order valence-corrected chi connectivity index (χ1v) is 11.0. The van der Waals surface area contributed by atoms with Crippen LogP contribution >= 0.6 is 0 Å². The van der Waals surface area contributed by atoms with Crippen LogP contribution in [0.4, 0.5) is 0 Å². The van der Waals surface area contributed by atoms with Crippen LogP contribution in [0.15, 0.2) is 133 Å². The van der Waals surface area contributed by atoms with E-state index < -0.39 is 5.79 Å². The summed E-state index contributed by atoms with van der Waals surface area (Å²) in [6.07, 6.45) is 0. The molecule has 5 rings (SSSR count). The Balaban J connectivity index is 1.89. The fourth-order valence-corrected chi connectivity index (χ4v) is 4.39. The van der Waals surface area contributed by atoms with Gasteiger partial charge in [-0.05, 0) is 33.4 Å². The van der Waals surface area contributed by atoms with Gasteiger partial charge in [-0.25, -0.2) is 0 Å². The minimum atomic E-state index is -2.16. The third-order valence-electron chi connectivity index (χ3n) is 5.97. The highest BCUT2D eigenvalue weighted by molar-refractivity contribution is 5.96. The summed E-state index contributed by atoms with van der Waals surface area (Å²) in [4.78, 5) is 0. The molecule has 160 valence electrons. The molecule has 0 aliphatic heterocycles. The van der Waals surface area contributed by atoms with Crippen LogP contribution in [-0.4, -0.2) is 10.2 Å². The second kappa shape index (κ2) is 8.87. The van der Waals surface area contributed by atoms with E-state index in [-0.39, 0.29) is 0 Å². The van der Waals surface area contributed by atoms with Gasteiger partial charge in [0.05, 0.1) is 0 Å². The number of aliphatic hydroxyl groups is 2. The molecule has 0 amide bonds. The van der Waals surface area contributed by atoms with Crippen molar-refractivity contribution < 1.29 is 10.2 Å². The summed E-state index contributed by atoms with van der Waals surface area (Å²) in [7, 11) is 0. The zero-order valence-electron chi connectivity index (χ0n) is 18.1. The van der Waals surface area contributed by atoms with Crippen molar-refractivity contribution >= 4 is 0 Å². The van der Waals surface area contributed by atoms with Gasteiger partial charge in [-0.3, -0.25) is 0 Å². The van der Waals surface area contributed by atoms with Crippen molar-refractivity contribution in [1.29, 1.82) is 0 Å². The first-order chi connectivity index (χ1) is 16.2. The lowest BCUT2D eigenvalue weighted by atomic mass is 9.81. The van der Waals surface area contributed by atoms with E-state index in [0.717, 1.165) is 33.4 Å². The topological polar surface area (TPSA) is 40.5 Å². The summed E-state index contributed by atoms with van der Waals surface area (Å²) in [5.41, 5.74) is 6.68. The normalized spacial score (nSPS) is 11.3. The average Bonchev–Trinajstić information content (AvgIpc) is 2.90. The zero-order chi connectivity index (χ0) is 22.7. The molecular weight excluding hydrogens is 404 g/mol. The van der Waals surface area contributed by atoms with Crippen LogP contribution in [0.1, 0.15) is 11.1 Å². The summed E-state index contributed by atoms with van der Waals surface area (Å²) in [5.74, 6) is -2.16. The molecule has 2 heteroatoms. The van der Waals surface area contributed by atoms with Crippen molar-refractivity contribution in [3.8, 4) is 33.4 Å². The first kappa shape index (κ1) is 20.9. The van der Waals surface area contributed by atoms with E-state index in [1.54, 1.807) is 12.1 Å². The minimum Gasteiger partial charge on any atom is -0.358 e. The van der Waals surface area contributed by atoms with E-state index in [9.17, 15) is 10.2 Å². The predicted molar refractivity (Wildman–Crippen MR) is 134 cm³/mol. The van der Waals surface area contributed by atoms with Gasteiger partial charge in [0.25, 0.3) is 0 Å². The largest absolute Gasteiger partial charge is 0.358 e. The molecule has 0 fully saturated rings. The van der Waals surface area contributed by atoms with Crippen LogP contribution in [-0.2, 0) is 5.79 Å². The van der Waals surface area contributed by atoms with Crippen molar-refractivity contribution in [2.45, 2.75) is 5.79 Å². The van der Waals surface area contributed by atoms with Gasteiger partial charge >= 0.3 is 0 Å². The molecule has 2 nitrogen and oxygen atoms in total. The van der Waals surface area contributed by atoms with Crippen LogP contribution in [0.2, 0.25) is 0 Å². The van der Waals surface area contributed by atoms with Crippen LogP contribution in [0.5, 0.6) is 0 Å². The Bertz CT molecular complexity index is 1340. The molecule has 0 aliphatic carbocycles. The van der Waals surface area contributed by atoms with E-state index in [2.05, 4.69) is 24.3 Å². The highest BCUT2D eigenvalue weighted by atomic mass is 16.5. The van der Waals surface area contributed by atoms with Crippen molar-refractivity contribution in [1.82, 2.24) is 0 Å². The van der Waals surface area contributed by atoms with Gasteiger partial charge in [-0.15, -0.1) is 0 Å². The van der Waals surface area contributed by atoms with Crippen molar-refractivity contribution in [3.63, 3.8) is 0 Å². The van der Waals surface area contributed by atoms with Crippen LogP contribution in [0, 0.1) is 0 Å². The Labute approximate surface area is 194 Å². The predicted octanol–water partition coefficient (Wildman–Crippen LogP) is 6.87. The quantitative estimate of drug-likeness (QED) is 0.300. The van der Waals surface area contributed by atoms with Crippen molar-refractivity contribution in [3.05, 3.63) is 145 Å². The summed E-state index contributed by atoms with van der Waals surface area (Å²) in [6.45, 7) is 0. The molecule has 5 aromatic rings. The van der Waals surface area contributed by atoms with E-state index >= 15 is 0 Å². The molecule has 0 heterocycles. The van der Waals surface area contributed by atoms with Gasteiger partial charge < -0.3 is 10.2 Å². The molecule has 33 heavy (non-hydrogen) atoms. The third kappa shape index (κ3) is 3.98. The molecule has 0 unspecified atom stereocenters. The monoisotopic (exact) mass is 428 g/mol. The van der Waals surface area contributed by atoms with Gasteiger partial charge in [0.1, 0.15) is 0 Å². The third-order valence-corrected chi connectivity index (χ3v) is 5.97. The highest BCUT2D eigenvalue weighted by Crippen LogP contribution is 2.45. The van der Waals surface area contributed by atoms with E-state index in [1.165, 1.54) is 0 Å². The standard InChI is InChI=1S/C31H24O2/c32-31(33,26-19-11-4-12-20-26)28-22-21-27(23-13-5-1-6-14-23)29(24-15-7-2-8-16-24)30(28)25-17-9-3-10-18-25/h1-22,32-33H. The Kier molecular flexibility index (Phi) is 5.62. The second-order valence-electron chi connectivity index (χ2n) is 8.05. The minimum absolute atomic E-state index is 0.425. The van der Waals surface area contributed by atoms with Crippen LogP contribution < -0.4 is 0 Å².